The summed E-state index contributed by atoms with van der Waals surface area (Å²) in [7, 11) is 4.66. The number of rotatable bonds is 5. The molecule has 0 spiro atoms. The molecule has 6 heteroatoms. The minimum Gasteiger partial charge on any atom is -0.465 e. The zero-order chi connectivity index (χ0) is 17.7. The molecule has 0 unspecified atom stereocenters. The number of hydrogen-bond acceptors (Lipinski definition) is 6. The molecule has 2 N–H and O–H groups in total. The van der Waals surface area contributed by atoms with E-state index in [4.69, 9.17) is 15.2 Å². The molecule has 0 bridgehead atoms. The van der Waals surface area contributed by atoms with Crippen LogP contribution in [0, 0.1) is 0 Å². The smallest absolute Gasteiger partial charge is 0.339 e. The van der Waals surface area contributed by atoms with Crippen molar-refractivity contribution in [2.24, 2.45) is 0 Å². The van der Waals surface area contributed by atoms with Crippen molar-refractivity contribution in [3.05, 3.63) is 28.8 Å². The second-order valence-corrected chi connectivity index (χ2v) is 6.29. The maximum Gasteiger partial charge on any atom is 0.339 e. The van der Waals surface area contributed by atoms with Gasteiger partial charge in [-0.15, -0.1) is 0 Å². The van der Waals surface area contributed by atoms with Gasteiger partial charge in [0.1, 0.15) is 0 Å². The number of anilines is 1. The molecule has 1 fully saturated rings. The molecule has 0 amide bonds. The molecule has 1 aromatic rings. The van der Waals surface area contributed by atoms with Gasteiger partial charge in [0.15, 0.2) is 0 Å². The predicted molar refractivity (Wildman–Crippen MR) is 91.9 cm³/mol. The van der Waals surface area contributed by atoms with Gasteiger partial charge in [-0.3, -0.25) is 4.90 Å². The van der Waals surface area contributed by atoms with Crippen LogP contribution in [0.4, 0.5) is 5.69 Å². The van der Waals surface area contributed by atoms with Crippen LogP contribution in [0.5, 0.6) is 0 Å². The Morgan fingerprint density at radius 1 is 1.12 bits per heavy atom. The summed E-state index contributed by atoms with van der Waals surface area (Å²) in [5.74, 6) is -1.05. The van der Waals surface area contributed by atoms with Crippen LogP contribution in [0.2, 0.25) is 0 Å². The first-order chi connectivity index (χ1) is 11.5. The van der Waals surface area contributed by atoms with Crippen molar-refractivity contribution in [2.45, 2.75) is 44.7 Å². The van der Waals surface area contributed by atoms with Crippen LogP contribution in [-0.2, 0) is 16.0 Å². The summed E-state index contributed by atoms with van der Waals surface area (Å²) >= 11 is 0. The molecule has 0 atom stereocenters. The number of esters is 2. The van der Waals surface area contributed by atoms with Crippen molar-refractivity contribution in [1.82, 2.24) is 4.90 Å². The minimum absolute atomic E-state index is 0.201. The summed E-state index contributed by atoms with van der Waals surface area (Å²) in [6, 6.07) is 3.63. The molecular formula is C18H26N2O4. The first kappa shape index (κ1) is 18.3. The second-order valence-electron chi connectivity index (χ2n) is 6.29. The van der Waals surface area contributed by atoms with E-state index in [0.29, 0.717) is 23.8 Å². The molecule has 1 aliphatic rings. The summed E-state index contributed by atoms with van der Waals surface area (Å²) in [6.45, 7) is 0.575. The topological polar surface area (TPSA) is 81.9 Å². The lowest BCUT2D eigenvalue weighted by molar-refractivity contribution is 0.0599. The van der Waals surface area contributed by atoms with Crippen LogP contribution in [0.25, 0.3) is 0 Å². The van der Waals surface area contributed by atoms with E-state index in [0.717, 1.165) is 18.4 Å². The Bertz CT molecular complexity index is 609. The number of carbonyl (C=O) groups excluding carboxylic acids is 2. The number of ether oxygens (including phenoxy) is 2. The highest BCUT2D eigenvalue weighted by molar-refractivity contribution is 6.00. The highest BCUT2D eigenvalue weighted by atomic mass is 16.5. The number of hydrogen-bond donors (Lipinski definition) is 1. The number of nitrogens with two attached hydrogens (primary N) is 1. The van der Waals surface area contributed by atoms with Crippen molar-refractivity contribution in [3.8, 4) is 0 Å². The molecule has 2 rings (SSSR count). The maximum atomic E-state index is 12.0. The van der Waals surface area contributed by atoms with Gasteiger partial charge in [0.2, 0.25) is 0 Å². The molecule has 132 valence electrons. The summed E-state index contributed by atoms with van der Waals surface area (Å²) < 4.78 is 9.55. The number of benzene rings is 1. The zero-order valence-electron chi connectivity index (χ0n) is 14.6. The lowest BCUT2D eigenvalue weighted by Gasteiger charge is -2.31. The monoisotopic (exact) mass is 334 g/mol. The molecule has 0 aromatic heterocycles. The van der Waals surface area contributed by atoms with Gasteiger partial charge >= 0.3 is 11.9 Å². The molecule has 0 aliphatic heterocycles. The fraction of sp³-hybridized carbons (Fsp3) is 0.556. The number of methoxy groups -OCH3 is 2. The van der Waals surface area contributed by atoms with Crippen LogP contribution < -0.4 is 5.73 Å². The van der Waals surface area contributed by atoms with Gasteiger partial charge in [-0.25, -0.2) is 9.59 Å². The number of nitrogens with zero attached hydrogens (tertiary/aromatic N) is 1. The third-order valence-corrected chi connectivity index (χ3v) is 4.71. The van der Waals surface area contributed by atoms with Gasteiger partial charge in [-0.2, -0.15) is 0 Å². The summed E-state index contributed by atoms with van der Waals surface area (Å²) in [5.41, 5.74) is 7.78. The van der Waals surface area contributed by atoms with Crippen LogP contribution in [0.1, 0.15) is 58.4 Å². The standard InChI is InChI=1S/C18H26N2O4/c1-20(14-7-5-4-6-8-14)11-13-9-12(17(21)23-2)10-15(16(13)19)18(22)24-3/h9-10,14H,4-8,11,19H2,1-3H3. The van der Waals surface area contributed by atoms with E-state index in [2.05, 4.69) is 11.9 Å². The molecule has 24 heavy (non-hydrogen) atoms. The molecule has 0 heterocycles. The molecule has 6 nitrogen and oxygen atoms in total. The number of carbonyl (C=O) groups is 2. The molecular weight excluding hydrogens is 308 g/mol. The Kier molecular flexibility index (Phi) is 6.20. The molecule has 0 saturated heterocycles. The van der Waals surface area contributed by atoms with Crippen molar-refractivity contribution in [1.29, 1.82) is 0 Å². The van der Waals surface area contributed by atoms with Gasteiger partial charge in [-0.05, 0) is 37.6 Å². The average molecular weight is 334 g/mol. The maximum absolute atomic E-state index is 12.0. The average Bonchev–Trinajstić information content (AvgIpc) is 2.62. The zero-order valence-corrected chi connectivity index (χ0v) is 14.6. The van der Waals surface area contributed by atoms with Crippen molar-refractivity contribution >= 4 is 17.6 Å². The summed E-state index contributed by atoms with van der Waals surface area (Å²) in [6.07, 6.45) is 6.09. The molecule has 1 saturated carbocycles. The van der Waals surface area contributed by atoms with Crippen LogP contribution in [0.3, 0.4) is 0 Å². The van der Waals surface area contributed by atoms with E-state index in [-0.39, 0.29) is 5.56 Å². The third kappa shape index (κ3) is 4.06. The first-order valence-electron chi connectivity index (χ1n) is 8.27. The van der Waals surface area contributed by atoms with E-state index in [1.54, 1.807) is 6.07 Å². The predicted octanol–water partition coefficient (Wildman–Crippen LogP) is 2.61. The van der Waals surface area contributed by atoms with E-state index >= 15 is 0 Å². The van der Waals surface area contributed by atoms with Gasteiger partial charge in [0.25, 0.3) is 0 Å². The third-order valence-electron chi connectivity index (χ3n) is 4.71. The van der Waals surface area contributed by atoms with Crippen molar-refractivity contribution in [3.63, 3.8) is 0 Å². The van der Waals surface area contributed by atoms with E-state index in [1.807, 2.05) is 0 Å². The van der Waals surface area contributed by atoms with Gasteiger partial charge in [0.05, 0.1) is 31.0 Å². The highest BCUT2D eigenvalue weighted by Crippen LogP contribution is 2.27. The minimum atomic E-state index is -0.556. The SMILES string of the molecule is COC(=O)c1cc(CN(C)C2CCCCC2)c(N)c(C(=O)OC)c1. The van der Waals surface area contributed by atoms with Crippen LogP contribution in [0.15, 0.2) is 12.1 Å². The van der Waals surface area contributed by atoms with Crippen molar-refractivity contribution in [2.75, 3.05) is 27.0 Å². The van der Waals surface area contributed by atoms with Gasteiger partial charge in [-0.1, -0.05) is 19.3 Å². The lowest BCUT2D eigenvalue weighted by atomic mass is 9.94. The largest absolute Gasteiger partial charge is 0.465 e. The van der Waals surface area contributed by atoms with E-state index in [1.165, 1.54) is 39.5 Å². The quantitative estimate of drug-likeness (QED) is 0.658. The van der Waals surface area contributed by atoms with Crippen molar-refractivity contribution < 1.29 is 19.1 Å². The second kappa shape index (κ2) is 8.15. The Hall–Kier alpha value is -2.08. The van der Waals surface area contributed by atoms with E-state index in [9.17, 15) is 9.59 Å². The highest BCUT2D eigenvalue weighted by Gasteiger charge is 2.22. The Labute approximate surface area is 142 Å². The Balaban J connectivity index is 2.32. The van der Waals surface area contributed by atoms with Crippen LogP contribution >= 0.6 is 0 Å². The van der Waals surface area contributed by atoms with Crippen LogP contribution in [-0.4, -0.2) is 44.1 Å². The van der Waals surface area contributed by atoms with E-state index < -0.39 is 11.9 Å². The lowest BCUT2D eigenvalue weighted by Crippen LogP contribution is -2.33. The molecule has 1 aliphatic carbocycles. The molecule has 0 radical (unpaired) electrons. The summed E-state index contributed by atoms with van der Waals surface area (Å²) in [4.78, 5) is 26.1. The fourth-order valence-corrected chi connectivity index (χ4v) is 3.28. The Morgan fingerprint density at radius 3 is 2.33 bits per heavy atom. The first-order valence-corrected chi connectivity index (χ1v) is 8.27. The Morgan fingerprint density at radius 2 is 1.75 bits per heavy atom. The normalized spacial score (nSPS) is 15.3. The summed E-state index contributed by atoms with van der Waals surface area (Å²) in [5, 5.41) is 0. The fourth-order valence-electron chi connectivity index (χ4n) is 3.28. The number of nitrogen functional groups attached to an aromatic ring is 1. The van der Waals surface area contributed by atoms with Gasteiger partial charge in [0, 0.05) is 12.6 Å². The van der Waals surface area contributed by atoms with Gasteiger partial charge < -0.3 is 15.2 Å². The molecule has 1 aromatic carbocycles.